The molecule has 0 saturated carbocycles. The molecule has 1 unspecified atom stereocenters. The van der Waals surface area contributed by atoms with E-state index >= 15 is 0 Å². The molecule has 1 atom stereocenters. The zero-order chi connectivity index (χ0) is 20.3. The number of carbonyl (C=O) groups is 1. The van der Waals surface area contributed by atoms with Crippen LogP contribution in [-0.2, 0) is 20.4 Å². The van der Waals surface area contributed by atoms with Gasteiger partial charge in [0.1, 0.15) is 0 Å². The van der Waals surface area contributed by atoms with Crippen molar-refractivity contribution in [3.05, 3.63) is 63.7 Å². The number of hydrogen-bond acceptors (Lipinski definition) is 4. The maximum atomic E-state index is 13.7. The summed E-state index contributed by atoms with van der Waals surface area (Å²) in [6.45, 7) is 8.18. The molecule has 0 N–H and O–H groups in total. The molecule has 6 heteroatoms. The monoisotopic (exact) mass is 399 g/mol. The van der Waals surface area contributed by atoms with Crippen molar-refractivity contribution in [2.24, 2.45) is 0 Å². The van der Waals surface area contributed by atoms with Crippen LogP contribution in [0.2, 0.25) is 0 Å². The quantitative estimate of drug-likeness (QED) is 0.721. The van der Waals surface area contributed by atoms with Gasteiger partial charge in [-0.2, -0.15) is 4.31 Å². The molecule has 28 heavy (non-hydrogen) atoms. The van der Waals surface area contributed by atoms with Gasteiger partial charge in [0.05, 0.1) is 17.0 Å². The number of hydrogen-bond donors (Lipinski definition) is 0. The highest BCUT2D eigenvalue weighted by atomic mass is 32.2. The molecule has 0 aliphatic carbocycles. The van der Waals surface area contributed by atoms with Crippen molar-refractivity contribution in [2.75, 3.05) is 13.1 Å². The van der Waals surface area contributed by atoms with Crippen LogP contribution in [0.4, 0.5) is 0 Å². The lowest BCUT2D eigenvalue weighted by Gasteiger charge is -2.39. The average Bonchev–Trinajstić information content (AvgIpc) is 2.92. The van der Waals surface area contributed by atoms with E-state index in [0.29, 0.717) is 29.8 Å². The van der Waals surface area contributed by atoms with Crippen LogP contribution in [0.5, 0.6) is 0 Å². The fourth-order valence-corrected chi connectivity index (χ4v) is 6.64. The van der Waals surface area contributed by atoms with Gasteiger partial charge in [-0.25, -0.2) is 13.2 Å². The van der Waals surface area contributed by atoms with E-state index in [0.717, 1.165) is 27.8 Å². The second-order valence-electron chi connectivity index (χ2n) is 7.96. The number of nitrogens with zero attached hydrogens (tertiary/aromatic N) is 1. The van der Waals surface area contributed by atoms with E-state index in [4.69, 9.17) is 4.74 Å². The molecule has 2 aliphatic rings. The summed E-state index contributed by atoms with van der Waals surface area (Å²) in [6, 6.07) is 9.32. The largest absolute Gasteiger partial charge is 0.449 e. The van der Waals surface area contributed by atoms with Gasteiger partial charge >= 0.3 is 5.97 Å². The van der Waals surface area contributed by atoms with Crippen LogP contribution in [0.15, 0.2) is 35.2 Å². The molecule has 1 fully saturated rings. The highest BCUT2D eigenvalue weighted by molar-refractivity contribution is 7.89. The van der Waals surface area contributed by atoms with Crippen LogP contribution in [-0.4, -0.2) is 31.8 Å². The van der Waals surface area contributed by atoms with Crippen molar-refractivity contribution in [2.45, 2.75) is 51.0 Å². The molecule has 1 spiro atoms. The Morgan fingerprint density at radius 1 is 1.04 bits per heavy atom. The number of carbonyl (C=O) groups excluding carboxylic acids is 1. The molecule has 0 aromatic heterocycles. The zero-order valence-electron chi connectivity index (χ0n) is 16.7. The summed E-state index contributed by atoms with van der Waals surface area (Å²) in [4.78, 5) is 12.8. The van der Waals surface area contributed by atoms with Crippen LogP contribution in [0.25, 0.3) is 0 Å². The van der Waals surface area contributed by atoms with Crippen LogP contribution in [0.1, 0.15) is 51.0 Å². The highest BCUT2D eigenvalue weighted by Crippen LogP contribution is 2.44. The first-order valence-corrected chi connectivity index (χ1v) is 11.0. The van der Waals surface area contributed by atoms with E-state index in [2.05, 4.69) is 0 Å². The van der Waals surface area contributed by atoms with Gasteiger partial charge in [-0.1, -0.05) is 24.3 Å². The first kappa shape index (κ1) is 19.2. The molecule has 0 amide bonds. The maximum absolute atomic E-state index is 13.7. The van der Waals surface area contributed by atoms with Crippen molar-refractivity contribution < 1.29 is 17.9 Å². The molecule has 148 valence electrons. The summed E-state index contributed by atoms with van der Waals surface area (Å²) in [7, 11) is -3.71. The first-order valence-electron chi connectivity index (χ1n) is 9.58. The van der Waals surface area contributed by atoms with Gasteiger partial charge in [0.15, 0.2) is 5.60 Å². The standard InChI is InChI=1S/C22H25NO4S/c1-14-12-15(2)17(4)20(16(14)3)28(25,26)23-11-7-10-22(13-23)19-9-6-5-8-18(19)21(24)27-22/h5-6,8-9,12H,7,10-11,13H2,1-4H3. The van der Waals surface area contributed by atoms with Gasteiger partial charge in [0.2, 0.25) is 10.0 Å². The molecule has 2 heterocycles. The second-order valence-corrected chi connectivity index (χ2v) is 9.84. The lowest BCUT2D eigenvalue weighted by Crippen LogP contribution is -2.48. The maximum Gasteiger partial charge on any atom is 0.339 e. The SMILES string of the molecule is Cc1cc(C)c(C)c(S(=O)(=O)N2CCCC3(C2)OC(=O)c2ccccc23)c1C. The van der Waals surface area contributed by atoms with Crippen molar-refractivity contribution in [3.8, 4) is 0 Å². The van der Waals surface area contributed by atoms with Gasteiger partial charge in [-0.05, 0) is 68.9 Å². The van der Waals surface area contributed by atoms with Crippen molar-refractivity contribution in [3.63, 3.8) is 0 Å². The fraction of sp³-hybridized carbons (Fsp3) is 0.409. The van der Waals surface area contributed by atoms with E-state index in [1.165, 1.54) is 4.31 Å². The zero-order valence-corrected chi connectivity index (χ0v) is 17.5. The van der Waals surface area contributed by atoms with Gasteiger partial charge in [0, 0.05) is 12.1 Å². The van der Waals surface area contributed by atoms with Crippen molar-refractivity contribution in [1.29, 1.82) is 0 Å². The smallest absolute Gasteiger partial charge is 0.339 e. The van der Waals surface area contributed by atoms with Crippen LogP contribution < -0.4 is 0 Å². The van der Waals surface area contributed by atoms with Crippen molar-refractivity contribution >= 4 is 16.0 Å². The molecule has 0 bridgehead atoms. The second kappa shape index (κ2) is 6.42. The van der Waals surface area contributed by atoms with Crippen LogP contribution >= 0.6 is 0 Å². The number of aryl methyl sites for hydroxylation is 2. The van der Waals surface area contributed by atoms with Gasteiger partial charge in [-0.3, -0.25) is 0 Å². The Morgan fingerprint density at radius 3 is 2.36 bits per heavy atom. The molecule has 1 saturated heterocycles. The Hall–Kier alpha value is -2.18. The number of ether oxygens (including phenoxy) is 1. The molecule has 2 aromatic carbocycles. The minimum Gasteiger partial charge on any atom is -0.449 e. The van der Waals surface area contributed by atoms with Gasteiger partial charge < -0.3 is 4.74 Å². The lowest BCUT2D eigenvalue weighted by atomic mass is 9.86. The molecule has 0 radical (unpaired) electrons. The highest BCUT2D eigenvalue weighted by Gasteiger charge is 2.50. The summed E-state index contributed by atoms with van der Waals surface area (Å²) in [5.41, 5.74) is 3.95. The number of piperidine rings is 1. The first-order chi connectivity index (χ1) is 13.2. The fourth-order valence-electron chi connectivity index (χ4n) is 4.53. The third-order valence-electron chi connectivity index (χ3n) is 6.24. The third-order valence-corrected chi connectivity index (χ3v) is 8.36. The Balaban J connectivity index is 1.79. The number of benzene rings is 2. The molecular weight excluding hydrogens is 374 g/mol. The van der Waals surface area contributed by atoms with Crippen molar-refractivity contribution in [1.82, 2.24) is 4.31 Å². The Morgan fingerprint density at radius 2 is 1.68 bits per heavy atom. The Kier molecular flexibility index (Phi) is 4.39. The molecule has 2 aromatic rings. The summed E-state index contributed by atoms with van der Waals surface area (Å²) in [5.74, 6) is -0.367. The Labute approximate surface area is 166 Å². The normalized spacial score (nSPS) is 22.4. The topological polar surface area (TPSA) is 63.7 Å². The molecule has 5 nitrogen and oxygen atoms in total. The van der Waals surface area contributed by atoms with Crippen LogP contribution in [0, 0.1) is 27.7 Å². The number of rotatable bonds is 2. The predicted octanol–water partition coefficient (Wildman–Crippen LogP) is 3.77. The molecule has 4 rings (SSSR count). The summed E-state index contributed by atoms with van der Waals surface area (Å²) in [5, 5.41) is 0. The third kappa shape index (κ3) is 2.70. The predicted molar refractivity (Wildman–Crippen MR) is 107 cm³/mol. The minimum atomic E-state index is -3.71. The molecule has 2 aliphatic heterocycles. The Bertz CT molecular complexity index is 1060. The van der Waals surface area contributed by atoms with Gasteiger partial charge in [0.25, 0.3) is 0 Å². The van der Waals surface area contributed by atoms with E-state index in [-0.39, 0.29) is 12.5 Å². The van der Waals surface area contributed by atoms with Gasteiger partial charge in [-0.15, -0.1) is 0 Å². The average molecular weight is 400 g/mol. The summed E-state index contributed by atoms with van der Waals surface area (Å²) >= 11 is 0. The number of esters is 1. The van der Waals surface area contributed by atoms with E-state index in [1.807, 2.05) is 45.9 Å². The van der Waals surface area contributed by atoms with E-state index in [9.17, 15) is 13.2 Å². The summed E-state index contributed by atoms with van der Waals surface area (Å²) in [6.07, 6.45) is 1.27. The van der Waals surface area contributed by atoms with E-state index in [1.54, 1.807) is 12.1 Å². The summed E-state index contributed by atoms with van der Waals surface area (Å²) < 4.78 is 34.6. The number of sulfonamides is 1. The minimum absolute atomic E-state index is 0.157. The van der Waals surface area contributed by atoms with Crippen LogP contribution in [0.3, 0.4) is 0 Å². The lowest BCUT2D eigenvalue weighted by molar-refractivity contribution is -0.0345. The number of fused-ring (bicyclic) bond motifs is 2. The molecular formula is C22H25NO4S. The van der Waals surface area contributed by atoms with E-state index < -0.39 is 15.6 Å².